The highest BCUT2D eigenvalue weighted by Gasteiger charge is 2.18. The first kappa shape index (κ1) is 19.3. The van der Waals surface area contributed by atoms with Gasteiger partial charge in [-0.15, -0.1) is 0 Å². The van der Waals surface area contributed by atoms with Crippen molar-refractivity contribution in [3.05, 3.63) is 81.0 Å². The monoisotopic (exact) mass is 423 g/mol. The minimum Gasteiger partial charge on any atom is -0.457 e. The number of furan rings is 1. The zero-order valence-electron chi connectivity index (χ0n) is 13.7. The highest BCUT2D eigenvalue weighted by Crippen LogP contribution is 2.25. The Bertz CT molecular complexity index is 963. The summed E-state index contributed by atoms with van der Waals surface area (Å²) in [5.41, 5.74) is 0.833. The lowest BCUT2D eigenvalue weighted by Crippen LogP contribution is -2.31. The van der Waals surface area contributed by atoms with Gasteiger partial charge in [-0.05, 0) is 48.5 Å². The van der Waals surface area contributed by atoms with Gasteiger partial charge in [0.25, 0.3) is 5.91 Å². The molecule has 0 saturated heterocycles. The largest absolute Gasteiger partial charge is 0.457 e. The van der Waals surface area contributed by atoms with Gasteiger partial charge in [0.05, 0.1) is 15.6 Å². The van der Waals surface area contributed by atoms with Crippen LogP contribution in [0.3, 0.4) is 0 Å². The molecule has 0 spiro atoms. The molecule has 0 fully saturated rings. The summed E-state index contributed by atoms with van der Waals surface area (Å²) >= 11 is 17.7. The van der Waals surface area contributed by atoms with E-state index < -0.39 is 12.0 Å². The second-order valence-corrected chi connectivity index (χ2v) is 6.65. The second-order valence-electron chi connectivity index (χ2n) is 5.40. The minimum atomic E-state index is -0.944. The Labute approximate surface area is 169 Å². The molecule has 1 aromatic heterocycles. The molecule has 5 nitrogen and oxygen atoms in total. The van der Waals surface area contributed by atoms with E-state index in [9.17, 15) is 9.59 Å². The van der Waals surface area contributed by atoms with Gasteiger partial charge in [-0.25, -0.2) is 4.79 Å². The topological polar surface area (TPSA) is 68.5 Å². The average molecular weight is 425 g/mol. The van der Waals surface area contributed by atoms with Crippen LogP contribution in [-0.4, -0.2) is 12.0 Å². The van der Waals surface area contributed by atoms with E-state index >= 15 is 0 Å². The molecule has 3 rings (SSSR count). The van der Waals surface area contributed by atoms with Crippen LogP contribution in [0.25, 0.3) is 11.3 Å². The maximum atomic E-state index is 12.1. The van der Waals surface area contributed by atoms with Gasteiger partial charge in [0.2, 0.25) is 0 Å². The molecule has 2 amide bonds. The van der Waals surface area contributed by atoms with Gasteiger partial charge in [-0.3, -0.25) is 10.1 Å². The molecule has 27 heavy (non-hydrogen) atoms. The van der Waals surface area contributed by atoms with Gasteiger partial charge in [0.1, 0.15) is 11.5 Å². The van der Waals surface area contributed by atoms with Crippen LogP contribution in [0.2, 0.25) is 15.1 Å². The maximum absolute atomic E-state index is 12.1. The number of amides is 2. The summed E-state index contributed by atoms with van der Waals surface area (Å²) in [4.78, 5) is 23.9. The third-order valence-electron chi connectivity index (χ3n) is 3.54. The van der Waals surface area contributed by atoms with Crippen molar-refractivity contribution in [2.24, 2.45) is 0 Å². The first-order valence-electron chi connectivity index (χ1n) is 7.71. The SMILES string of the molecule is O=C(NC(=O)c1c(Cl)cccc1Cl)OCc1ccc(-c2ccc(Cl)cc2)o1. The normalized spacial score (nSPS) is 10.5. The molecular weight excluding hydrogens is 413 g/mol. The summed E-state index contributed by atoms with van der Waals surface area (Å²) < 4.78 is 10.6. The summed E-state index contributed by atoms with van der Waals surface area (Å²) in [7, 11) is 0. The Hall–Kier alpha value is -2.47. The molecule has 8 heteroatoms. The van der Waals surface area contributed by atoms with E-state index in [2.05, 4.69) is 5.32 Å². The van der Waals surface area contributed by atoms with Crippen LogP contribution in [0.1, 0.15) is 16.1 Å². The molecule has 1 N–H and O–H groups in total. The van der Waals surface area contributed by atoms with Crippen molar-refractivity contribution in [3.8, 4) is 11.3 Å². The smallest absolute Gasteiger partial charge is 0.414 e. The molecule has 0 radical (unpaired) electrons. The fourth-order valence-electron chi connectivity index (χ4n) is 2.27. The quantitative estimate of drug-likeness (QED) is 0.560. The highest BCUT2D eigenvalue weighted by molar-refractivity contribution is 6.40. The van der Waals surface area contributed by atoms with Crippen molar-refractivity contribution in [3.63, 3.8) is 0 Å². The van der Waals surface area contributed by atoms with E-state index in [0.29, 0.717) is 16.5 Å². The van der Waals surface area contributed by atoms with E-state index in [1.165, 1.54) is 12.1 Å². The van der Waals surface area contributed by atoms with Gasteiger partial charge < -0.3 is 9.15 Å². The third kappa shape index (κ3) is 4.83. The van der Waals surface area contributed by atoms with Crippen LogP contribution in [-0.2, 0) is 11.3 Å². The predicted molar refractivity (Wildman–Crippen MR) is 103 cm³/mol. The number of carbonyl (C=O) groups is 2. The van der Waals surface area contributed by atoms with E-state index in [4.69, 9.17) is 44.0 Å². The number of halogens is 3. The Kier molecular flexibility index (Phi) is 6.06. The average Bonchev–Trinajstić information content (AvgIpc) is 3.09. The number of benzene rings is 2. The molecular formula is C19H12Cl3NO4. The van der Waals surface area contributed by atoms with Gasteiger partial charge in [-0.1, -0.05) is 40.9 Å². The number of nitrogens with one attached hydrogen (secondary N) is 1. The third-order valence-corrected chi connectivity index (χ3v) is 4.42. The van der Waals surface area contributed by atoms with Gasteiger partial charge >= 0.3 is 6.09 Å². The molecule has 138 valence electrons. The Morgan fingerprint density at radius 3 is 2.26 bits per heavy atom. The standard InChI is InChI=1S/C19H12Cl3NO4/c20-12-6-4-11(5-7-12)16-9-8-13(27-16)10-26-19(25)23-18(24)17-14(21)2-1-3-15(17)22/h1-9H,10H2,(H,23,24,25). The van der Waals surface area contributed by atoms with E-state index in [-0.39, 0.29) is 22.2 Å². The zero-order chi connectivity index (χ0) is 19.4. The van der Waals surface area contributed by atoms with E-state index in [1.54, 1.807) is 30.3 Å². The van der Waals surface area contributed by atoms with Crippen LogP contribution in [0.4, 0.5) is 4.79 Å². The molecule has 0 saturated carbocycles. The molecule has 0 aliphatic heterocycles. The lowest BCUT2D eigenvalue weighted by Gasteiger charge is -2.07. The fraction of sp³-hybridized carbons (Fsp3) is 0.0526. The van der Waals surface area contributed by atoms with Crippen molar-refractivity contribution >= 4 is 46.8 Å². The molecule has 0 aliphatic rings. The lowest BCUT2D eigenvalue weighted by atomic mass is 10.2. The molecule has 0 unspecified atom stereocenters. The number of imide groups is 1. The predicted octanol–water partition coefficient (Wildman–Crippen LogP) is 5.97. The van der Waals surface area contributed by atoms with Gasteiger partial charge in [0, 0.05) is 10.6 Å². The Morgan fingerprint density at radius 1 is 0.926 bits per heavy atom. The summed E-state index contributed by atoms with van der Waals surface area (Å²) in [6.45, 7) is -0.150. The number of rotatable bonds is 4. The Morgan fingerprint density at radius 2 is 1.59 bits per heavy atom. The number of ether oxygens (including phenoxy) is 1. The van der Waals surface area contributed by atoms with Crippen molar-refractivity contribution < 1.29 is 18.7 Å². The second kappa shape index (κ2) is 8.48. The van der Waals surface area contributed by atoms with Crippen LogP contribution in [0.15, 0.2) is 59.0 Å². The van der Waals surface area contributed by atoms with Gasteiger partial charge in [0.15, 0.2) is 6.61 Å². The van der Waals surface area contributed by atoms with Crippen LogP contribution in [0.5, 0.6) is 0 Å². The molecule has 2 aromatic carbocycles. The Balaban J connectivity index is 1.58. The molecule has 1 heterocycles. The maximum Gasteiger partial charge on any atom is 0.414 e. The number of alkyl carbamates (subject to hydrolysis) is 1. The van der Waals surface area contributed by atoms with Gasteiger partial charge in [-0.2, -0.15) is 0 Å². The highest BCUT2D eigenvalue weighted by atomic mass is 35.5. The zero-order valence-corrected chi connectivity index (χ0v) is 15.9. The summed E-state index contributed by atoms with van der Waals surface area (Å²) in [5, 5.41) is 2.95. The fourth-order valence-corrected chi connectivity index (χ4v) is 2.96. The first-order chi connectivity index (χ1) is 12.9. The van der Waals surface area contributed by atoms with Crippen LogP contribution >= 0.6 is 34.8 Å². The number of hydrogen-bond donors (Lipinski definition) is 1. The molecule has 0 aliphatic carbocycles. The van der Waals surface area contributed by atoms with Crippen LogP contribution in [0, 0.1) is 0 Å². The minimum absolute atomic E-state index is 0.000747. The summed E-state index contributed by atoms with van der Waals surface area (Å²) in [6, 6.07) is 15.1. The van der Waals surface area contributed by atoms with E-state index in [1.807, 2.05) is 12.1 Å². The molecule has 0 atom stereocenters. The number of carbonyl (C=O) groups excluding carboxylic acids is 2. The summed E-state index contributed by atoms with van der Waals surface area (Å²) in [6.07, 6.45) is -0.944. The van der Waals surface area contributed by atoms with Crippen molar-refractivity contribution in [1.82, 2.24) is 5.32 Å². The van der Waals surface area contributed by atoms with Crippen molar-refractivity contribution in [2.45, 2.75) is 6.61 Å². The van der Waals surface area contributed by atoms with Crippen molar-refractivity contribution in [2.75, 3.05) is 0 Å². The molecule has 3 aromatic rings. The van der Waals surface area contributed by atoms with E-state index in [0.717, 1.165) is 5.56 Å². The number of hydrogen-bond acceptors (Lipinski definition) is 4. The molecule has 0 bridgehead atoms. The van der Waals surface area contributed by atoms with Crippen LogP contribution < -0.4 is 5.32 Å². The van der Waals surface area contributed by atoms with Crippen molar-refractivity contribution in [1.29, 1.82) is 0 Å². The first-order valence-corrected chi connectivity index (χ1v) is 8.84. The summed E-state index contributed by atoms with van der Waals surface area (Å²) in [5.74, 6) is 0.264. The lowest BCUT2D eigenvalue weighted by molar-refractivity contribution is 0.0903.